The van der Waals surface area contributed by atoms with Crippen LogP contribution in [0.5, 0.6) is 11.5 Å². The minimum absolute atomic E-state index is 0.355. The second kappa shape index (κ2) is 4.57. The van der Waals surface area contributed by atoms with Crippen molar-refractivity contribution < 1.29 is 9.47 Å². The van der Waals surface area contributed by atoms with Gasteiger partial charge in [-0.1, -0.05) is 12.1 Å². The van der Waals surface area contributed by atoms with Crippen molar-refractivity contribution in [1.29, 1.82) is 0 Å². The molecule has 1 N–H and O–H groups in total. The van der Waals surface area contributed by atoms with Gasteiger partial charge in [0.25, 0.3) is 0 Å². The summed E-state index contributed by atoms with van der Waals surface area (Å²) in [5.74, 6) is 2.50. The third-order valence-corrected chi connectivity index (χ3v) is 3.87. The standard InChI is InChI=1S/C14H19NO2/c1-16-13-4-2-3-10-5-6-12(17-14(10)13)11-7-8-15-9-11/h2-4,11-12,15H,5-9H2,1H3. The van der Waals surface area contributed by atoms with Gasteiger partial charge in [0, 0.05) is 12.5 Å². The maximum absolute atomic E-state index is 6.17. The molecule has 0 bridgehead atoms. The van der Waals surface area contributed by atoms with E-state index in [1.165, 1.54) is 12.0 Å². The molecule has 3 rings (SSSR count). The van der Waals surface area contributed by atoms with Crippen molar-refractivity contribution in [2.75, 3.05) is 20.2 Å². The van der Waals surface area contributed by atoms with E-state index in [9.17, 15) is 0 Å². The summed E-state index contributed by atoms with van der Waals surface area (Å²) in [5.41, 5.74) is 1.28. The number of ether oxygens (including phenoxy) is 2. The number of methoxy groups -OCH3 is 1. The molecule has 0 spiro atoms. The number of fused-ring (bicyclic) bond motifs is 1. The van der Waals surface area contributed by atoms with Gasteiger partial charge in [-0.25, -0.2) is 0 Å². The topological polar surface area (TPSA) is 30.5 Å². The molecule has 2 heterocycles. The summed E-state index contributed by atoms with van der Waals surface area (Å²) < 4.78 is 11.6. The normalized spacial score (nSPS) is 27.4. The highest BCUT2D eigenvalue weighted by Gasteiger charge is 2.30. The van der Waals surface area contributed by atoms with Crippen LogP contribution in [0.25, 0.3) is 0 Å². The van der Waals surface area contributed by atoms with E-state index in [-0.39, 0.29) is 0 Å². The van der Waals surface area contributed by atoms with Crippen molar-refractivity contribution in [2.45, 2.75) is 25.4 Å². The van der Waals surface area contributed by atoms with Crippen molar-refractivity contribution in [1.82, 2.24) is 5.32 Å². The van der Waals surface area contributed by atoms with Crippen LogP contribution in [0.3, 0.4) is 0 Å². The Labute approximate surface area is 102 Å². The number of rotatable bonds is 2. The monoisotopic (exact) mass is 233 g/mol. The molecule has 1 saturated heterocycles. The molecule has 3 heteroatoms. The Hall–Kier alpha value is -1.22. The summed E-state index contributed by atoms with van der Waals surface area (Å²) in [4.78, 5) is 0. The van der Waals surface area contributed by atoms with Crippen molar-refractivity contribution in [3.63, 3.8) is 0 Å². The number of aryl methyl sites for hydroxylation is 1. The lowest BCUT2D eigenvalue weighted by Gasteiger charge is -2.30. The molecule has 0 amide bonds. The van der Waals surface area contributed by atoms with Gasteiger partial charge in [-0.05, 0) is 37.4 Å². The Morgan fingerprint density at radius 1 is 1.35 bits per heavy atom. The average Bonchev–Trinajstić information content (AvgIpc) is 2.91. The molecular weight excluding hydrogens is 214 g/mol. The average molecular weight is 233 g/mol. The number of hydrogen-bond acceptors (Lipinski definition) is 3. The fourth-order valence-electron chi connectivity index (χ4n) is 2.89. The molecule has 1 aromatic rings. The maximum atomic E-state index is 6.17. The predicted molar refractivity (Wildman–Crippen MR) is 66.7 cm³/mol. The number of benzene rings is 1. The highest BCUT2D eigenvalue weighted by atomic mass is 16.5. The highest BCUT2D eigenvalue weighted by Crippen LogP contribution is 2.38. The lowest BCUT2D eigenvalue weighted by molar-refractivity contribution is 0.114. The Morgan fingerprint density at radius 2 is 2.29 bits per heavy atom. The van der Waals surface area contributed by atoms with Crippen LogP contribution in [0.2, 0.25) is 0 Å². The van der Waals surface area contributed by atoms with E-state index in [1.807, 2.05) is 12.1 Å². The molecule has 0 aromatic heterocycles. The van der Waals surface area contributed by atoms with Crippen LogP contribution in [0.1, 0.15) is 18.4 Å². The lowest BCUT2D eigenvalue weighted by Crippen LogP contribution is -2.32. The van der Waals surface area contributed by atoms with Crippen LogP contribution >= 0.6 is 0 Å². The SMILES string of the molecule is COc1cccc2c1OC(C1CCNC1)CC2. The van der Waals surface area contributed by atoms with Crippen LogP contribution in [-0.4, -0.2) is 26.3 Å². The van der Waals surface area contributed by atoms with Crippen molar-refractivity contribution in [3.8, 4) is 11.5 Å². The largest absolute Gasteiger partial charge is 0.493 e. The first-order valence-electron chi connectivity index (χ1n) is 6.41. The van der Waals surface area contributed by atoms with E-state index in [1.54, 1.807) is 7.11 Å². The fourth-order valence-corrected chi connectivity index (χ4v) is 2.89. The van der Waals surface area contributed by atoms with E-state index in [2.05, 4.69) is 11.4 Å². The minimum Gasteiger partial charge on any atom is -0.493 e. The van der Waals surface area contributed by atoms with Gasteiger partial charge in [0.2, 0.25) is 0 Å². The summed E-state index contributed by atoms with van der Waals surface area (Å²) in [7, 11) is 1.71. The van der Waals surface area contributed by atoms with Gasteiger partial charge in [0.05, 0.1) is 7.11 Å². The summed E-state index contributed by atoms with van der Waals surface area (Å²) >= 11 is 0. The maximum Gasteiger partial charge on any atom is 0.164 e. The number of para-hydroxylation sites is 1. The zero-order valence-corrected chi connectivity index (χ0v) is 10.2. The molecule has 1 aromatic carbocycles. The third-order valence-electron chi connectivity index (χ3n) is 3.87. The molecule has 0 saturated carbocycles. The van der Waals surface area contributed by atoms with Gasteiger partial charge in [-0.15, -0.1) is 0 Å². The Bertz CT molecular complexity index is 385. The first-order chi connectivity index (χ1) is 8.38. The van der Waals surface area contributed by atoms with Gasteiger partial charge in [0.15, 0.2) is 11.5 Å². The second-order valence-electron chi connectivity index (χ2n) is 4.90. The zero-order valence-electron chi connectivity index (χ0n) is 10.2. The van der Waals surface area contributed by atoms with E-state index < -0.39 is 0 Å². The Morgan fingerprint density at radius 3 is 3.06 bits per heavy atom. The number of hydrogen-bond donors (Lipinski definition) is 1. The Balaban J connectivity index is 1.83. The molecule has 3 nitrogen and oxygen atoms in total. The first-order valence-corrected chi connectivity index (χ1v) is 6.41. The molecule has 2 aliphatic heterocycles. The molecule has 2 atom stereocenters. The van der Waals surface area contributed by atoms with Crippen LogP contribution in [0, 0.1) is 5.92 Å². The van der Waals surface area contributed by atoms with Crippen molar-refractivity contribution >= 4 is 0 Å². The van der Waals surface area contributed by atoms with E-state index in [4.69, 9.17) is 9.47 Å². The minimum atomic E-state index is 0.355. The highest BCUT2D eigenvalue weighted by molar-refractivity contribution is 5.47. The third kappa shape index (κ3) is 2.00. The molecule has 0 aliphatic carbocycles. The fraction of sp³-hybridized carbons (Fsp3) is 0.571. The molecule has 92 valence electrons. The smallest absolute Gasteiger partial charge is 0.164 e. The van der Waals surface area contributed by atoms with E-state index >= 15 is 0 Å². The molecule has 2 aliphatic rings. The molecule has 1 fully saturated rings. The van der Waals surface area contributed by atoms with Gasteiger partial charge in [0.1, 0.15) is 6.10 Å². The summed E-state index contributed by atoms with van der Waals surface area (Å²) in [5, 5.41) is 3.41. The second-order valence-corrected chi connectivity index (χ2v) is 4.90. The Kier molecular flexibility index (Phi) is 2.93. The van der Waals surface area contributed by atoms with Gasteiger partial charge < -0.3 is 14.8 Å². The van der Waals surface area contributed by atoms with Gasteiger partial charge in [-0.2, -0.15) is 0 Å². The molecule has 0 radical (unpaired) electrons. The lowest BCUT2D eigenvalue weighted by atomic mass is 9.92. The van der Waals surface area contributed by atoms with Gasteiger partial charge in [-0.3, -0.25) is 0 Å². The molecular formula is C14H19NO2. The van der Waals surface area contributed by atoms with Crippen LogP contribution in [0.15, 0.2) is 18.2 Å². The summed E-state index contributed by atoms with van der Waals surface area (Å²) in [6, 6.07) is 6.16. The van der Waals surface area contributed by atoms with Crippen LogP contribution in [-0.2, 0) is 6.42 Å². The van der Waals surface area contributed by atoms with Crippen molar-refractivity contribution in [2.24, 2.45) is 5.92 Å². The van der Waals surface area contributed by atoms with Crippen LogP contribution in [0.4, 0.5) is 0 Å². The van der Waals surface area contributed by atoms with Crippen molar-refractivity contribution in [3.05, 3.63) is 23.8 Å². The zero-order chi connectivity index (χ0) is 11.7. The van der Waals surface area contributed by atoms with E-state index in [0.29, 0.717) is 12.0 Å². The first kappa shape index (κ1) is 10.9. The predicted octanol–water partition coefficient (Wildman–Crippen LogP) is 2.00. The molecule has 17 heavy (non-hydrogen) atoms. The number of nitrogens with one attached hydrogen (secondary N) is 1. The van der Waals surface area contributed by atoms with Crippen LogP contribution < -0.4 is 14.8 Å². The van der Waals surface area contributed by atoms with Gasteiger partial charge >= 0.3 is 0 Å². The van der Waals surface area contributed by atoms with E-state index in [0.717, 1.165) is 37.4 Å². The molecule has 2 unspecified atom stereocenters. The summed E-state index contributed by atoms with van der Waals surface area (Å²) in [6.45, 7) is 2.22. The summed E-state index contributed by atoms with van der Waals surface area (Å²) in [6.07, 6.45) is 3.82. The quantitative estimate of drug-likeness (QED) is 0.847.